The number of nitriles is 1. The van der Waals surface area contributed by atoms with Crippen LogP contribution in [0.15, 0.2) is 18.2 Å². The van der Waals surface area contributed by atoms with E-state index >= 15 is 0 Å². The topological polar surface area (TPSA) is 79.5 Å². The normalized spacial score (nSPS) is 26.2. The Bertz CT molecular complexity index is 680. The Balaban J connectivity index is 1.86. The second-order valence-electron chi connectivity index (χ2n) is 7.43. The van der Waals surface area contributed by atoms with Gasteiger partial charge in [0.1, 0.15) is 0 Å². The van der Waals surface area contributed by atoms with Crippen molar-refractivity contribution >= 4 is 5.97 Å². The van der Waals surface area contributed by atoms with Crippen LogP contribution in [0.1, 0.15) is 63.9 Å². The summed E-state index contributed by atoms with van der Waals surface area (Å²) in [6.07, 6.45) is 6.91. The quantitative estimate of drug-likeness (QED) is 0.814. The molecule has 0 aliphatic heterocycles. The van der Waals surface area contributed by atoms with Crippen molar-refractivity contribution in [2.75, 3.05) is 6.61 Å². The molecule has 2 saturated carbocycles. The van der Waals surface area contributed by atoms with Crippen molar-refractivity contribution in [1.29, 1.82) is 5.26 Å². The van der Waals surface area contributed by atoms with Crippen LogP contribution in [-0.2, 0) is 10.2 Å². The minimum absolute atomic E-state index is 0.213. The number of benzene rings is 1. The van der Waals surface area contributed by atoms with Gasteiger partial charge >= 0.3 is 5.97 Å². The minimum atomic E-state index is -0.756. The highest BCUT2D eigenvalue weighted by Gasteiger charge is 2.39. The molecule has 2 aliphatic rings. The lowest BCUT2D eigenvalue weighted by molar-refractivity contribution is -0.143. The molecule has 26 heavy (non-hydrogen) atoms. The van der Waals surface area contributed by atoms with Gasteiger partial charge in [0.05, 0.1) is 30.1 Å². The van der Waals surface area contributed by atoms with Gasteiger partial charge in [-0.3, -0.25) is 4.79 Å². The van der Waals surface area contributed by atoms with E-state index in [0.717, 1.165) is 24.2 Å². The van der Waals surface area contributed by atoms with Crippen molar-refractivity contribution < 1.29 is 19.4 Å². The summed E-state index contributed by atoms with van der Waals surface area (Å²) >= 11 is 0. The van der Waals surface area contributed by atoms with E-state index in [1.165, 1.54) is 12.8 Å². The molecule has 0 bridgehead atoms. The largest absolute Gasteiger partial charge is 0.490 e. The molecule has 0 atom stereocenters. The van der Waals surface area contributed by atoms with E-state index in [-0.39, 0.29) is 12.0 Å². The predicted octanol–water partition coefficient (Wildman–Crippen LogP) is 4.44. The lowest BCUT2D eigenvalue weighted by Gasteiger charge is -2.34. The number of carboxylic acids is 1. The Labute approximate surface area is 154 Å². The molecule has 0 amide bonds. The van der Waals surface area contributed by atoms with Crippen molar-refractivity contribution in [2.24, 2.45) is 5.92 Å². The van der Waals surface area contributed by atoms with Crippen LogP contribution in [0.2, 0.25) is 0 Å². The standard InChI is InChI=1S/C21H27NO4/c1-2-25-18-8-7-16(13-19(18)26-17-5-3-4-6-17)21(14-22)11-9-15(10-12-21)20(23)24/h7-8,13,15,17H,2-6,9-12H2,1H3,(H,23,24). The molecule has 0 heterocycles. The van der Waals surface area contributed by atoms with Crippen molar-refractivity contribution in [3.8, 4) is 17.6 Å². The maximum absolute atomic E-state index is 11.2. The first-order valence-electron chi connectivity index (χ1n) is 9.66. The van der Waals surface area contributed by atoms with Crippen LogP contribution in [0.5, 0.6) is 11.5 Å². The van der Waals surface area contributed by atoms with Gasteiger partial charge in [-0.25, -0.2) is 0 Å². The Hall–Kier alpha value is -2.22. The molecule has 3 rings (SSSR count). The molecule has 0 spiro atoms. The average Bonchev–Trinajstić information content (AvgIpc) is 3.16. The van der Waals surface area contributed by atoms with Gasteiger partial charge in [0.2, 0.25) is 0 Å². The molecular formula is C21H27NO4. The first kappa shape index (κ1) is 18.6. The summed E-state index contributed by atoms with van der Waals surface area (Å²) in [7, 11) is 0. The fourth-order valence-electron chi connectivity index (χ4n) is 4.18. The van der Waals surface area contributed by atoms with E-state index in [0.29, 0.717) is 38.0 Å². The Morgan fingerprint density at radius 2 is 1.92 bits per heavy atom. The second kappa shape index (κ2) is 7.99. The van der Waals surface area contributed by atoms with E-state index in [2.05, 4.69) is 6.07 Å². The second-order valence-corrected chi connectivity index (χ2v) is 7.43. The first-order valence-corrected chi connectivity index (χ1v) is 9.66. The fraction of sp³-hybridized carbons (Fsp3) is 0.619. The Kier molecular flexibility index (Phi) is 5.70. The summed E-state index contributed by atoms with van der Waals surface area (Å²) in [4.78, 5) is 11.2. The van der Waals surface area contributed by atoms with Gasteiger partial charge in [-0.15, -0.1) is 0 Å². The molecule has 0 unspecified atom stereocenters. The van der Waals surface area contributed by atoms with Crippen LogP contribution in [0.4, 0.5) is 0 Å². The number of hydrogen-bond acceptors (Lipinski definition) is 4. The van der Waals surface area contributed by atoms with Crippen LogP contribution >= 0.6 is 0 Å². The van der Waals surface area contributed by atoms with Crippen LogP contribution in [0.25, 0.3) is 0 Å². The third kappa shape index (κ3) is 3.80. The number of nitrogens with zero attached hydrogens (tertiary/aromatic N) is 1. The summed E-state index contributed by atoms with van der Waals surface area (Å²) in [5.41, 5.74) is 0.282. The van der Waals surface area contributed by atoms with Crippen LogP contribution < -0.4 is 9.47 Å². The Morgan fingerprint density at radius 1 is 1.23 bits per heavy atom. The Morgan fingerprint density at radius 3 is 2.50 bits per heavy atom. The zero-order chi connectivity index (χ0) is 18.6. The molecule has 5 heteroatoms. The van der Waals surface area contributed by atoms with Gasteiger partial charge in [-0.2, -0.15) is 5.26 Å². The highest BCUT2D eigenvalue weighted by atomic mass is 16.5. The summed E-state index contributed by atoms with van der Waals surface area (Å²) in [5, 5.41) is 19.1. The molecular weight excluding hydrogens is 330 g/mol. The van der Waals surface area contributed by atoms with E-state index in [1.54, 1.807) is 0 Å². The van der Waals surface area contributed by atoms with Gasteiger partial charge in [0.15, 0.2) is 11.5 Å². The number of hydrogen-bond donors (Lipinski definition) is 1. The fourth-order valence-corrected chi connectivity index (χ4v) is 4.18. The monoisotopic (exact) mass is 357 g/mol. The van der Waals surface area contributed by atoms with Gasteiger partial charge in [-0.05, 0) is 76.0 Å². The molecule has 1 aromatic rings. The summed E-state index contributed by atoms with van der Waals surface area (Å²) < 4.78 is 11.9. The molecule has 140 valence electrons. The molecule has 2 aliphatic carbocycles. The van der Waals surface area contributed by atoms with E-state index in [4.69, 9.17) is 9.47 Å². The van der Waals surface area contributed by atoms with E-state index in [1.807, 2.05) is 25.1 Å². The zero-order valence-corrected chi connectivity index (χ0v) is 15.4. The van der Waals surface area contributed by atoms with Gasteiger partial charge in [0, 0.05) is 0 Å². The minimum Gasteiger partial charge on any atom is -0.490 e. The maximum Gasteiger partial charge on any atom is 0.306 e. The third-order valence-corrected chi connectivity index (χ3v) is 5.79. The molecule has 1 N–H and O–H groups in total. The summed E-state index contributed by atoms with van der Waals surface area (Å²) in [6.45, 7) is 2.50. The van der Waals surface area contributed by atoms with Crippen LogP contribution in [0, 0.1) is 17.2 Å². The van der Waals surface area contributed by atoms with E-state index < -0.39 is 11.4 Å². The molecule has 2 fully saturated rings. The first-order chi connectivity index (χ1) is 12.6. The number of ether oxygens (including phenoxy) is 2. The molecule has 0 radical (unpaired) electrons. The van der Waals surface area contributed by atoms with Crippen molar-refractivity contribution in [3.05, 3.63) is 23.8 Å². The third-order valence-electron chi connectivity index (χ3n) is 5.79. The molecule has 0 saturated heterocycles. The smallest absolute Gasteiger partial charge is 0.306 e. The number of aliphatic carboxylic acids is 1. The maximum atomic E-state index is 11.2. The van der Waals surface area contributed by atoms with Gasteiger partial charge in [0.25, 0.3) is 0 Å². The lowest BCUT2D eigenvalue weighted by Crippen LogP contribution is -2.33. The SMILES string of the molecule is CCOc1ccc(C2(C#N)CCC(C(=O)O)CC2)cc1OC1CCCC1. The van der Waals surface area contributed by atoms with Crippen molar-refractivity contribution in [3.63, 3.8) is 0 Å². The molecule has 0 aromatic heterocycles. The summed E-state index contributed by atoms with van der Waals surface area (Å²) in [5.74, 6) is 0.337. The molecule has 1 aromatic carbocycles. The van der Waals surface area contributed by atoms with Crippen LogP contribution in [-0.4, -0.2) is 23.8 Å². The predicted molar refractivity (Wildman–Crippen MR) is 97.4 cm³/mol. The average molecular weight is 357 g/mol. The van der Waals surface area contributed by atoms with Crippen molar-refractivity contribution in [2.45, 2.75) is 69.8 Å². The van der Waals surface area contributed by atoms with E-state index in [9.17, 15) is 15.2 Å². The number of rotatable bonds is 6. The van der Waals surface area contributed by atoms with Crippen LogP contribution in [0.3, 0.4) is 0 Å². The number of carbonyl (C=O) groups is 1. The summed E-state index contributed by atoms with van der Waals surface area (Å²) in [6, 6.07) is 8.26. The van der Waals surface area contributed by atoms with Gasteiger partial charge < -0.3 is 14.6 Å². The highest BCUT2D eigenvalue weighted by Crippen LogP contribution is 2.44. The van der Waals surface area contributed by atoms with Gasteiger partial charge in [-0.1, -0.05) is 6.07 Å². The zero-order valence-electron chi connectivity index (χ0n) is 15.4. The molecule has 5 nitrogen and oxygen atoms in total. The van der Waals surface area contributed by atoms with Crippen molar-refractivity contribution in [1.82, 2.24) is 0 Å². The number of carboxylic acid groups (broad SMARTS) is 1. The lowest BCUT2D eigenvalue weighted by atomic mass is 9.67. The highest BCUT2D eigenvalue weighted by molar-refractivity contribution is 5.70.